The first kappa shape index (κ1) is 14.1. The van der Waals surface area contributed by atoms with Gasteiger partial charge >= 0.3 is 0 Å². The third-order valence-electron chi connectivity index (χ3n) is 4.07. The van der Waals surface area contributed by atoms with Gasteiger partial charge in [-0.05, 0) is 36.1 Å². The number of hydrogen-bond donors (Lipinski definition) is 1. The van der Waals surface area contributed by atoms with Crippen LogP contribution in [0.4, 0.5) is 0 Å². The number of rotatable bonds is 5. The van der Waals surface area contributed by atoms with Crippen molar-refractivity contribution in [3.05, 3.63) is 40.9 Å². The van der Waals surface area contributed by atoms with E-state index in [9.17, 15) is 4.79 Å². The van der Waals surface area contributed by atoms with Gasteiger partial charge in [0.2, 0.25) is 0 Å². The minimum absolute atomic E-state index is 0.0404. The van der Waals surface area contributed by atoms with Gasteiger partial charge in [0.05, 0.1) is 17.2 Å². The van der Waals surface area contributed by atoms with Crippen molar-refractivity contribution in [2.45, 2.75) is 33.2 Å². The molecule has 19 heavy (non-hydrogen) atoms. The molecule has 2 aromatic rings. The maximum atomic E-state index is 12.5. The van der Waals surface area contributed by atoms with Crippen LogP contribution in [0.5, 0.6) is 0 Å². The van der Waals surface area contributed by atoms with Crippen molar-refractivity contribution < 1.29 is 0 Å². The van der Waals surface area contributed by atoms with Crippen LogP contribution >= 0.6 is 12.6 Å². The van der Waals surface area contributed by atoms with Gasteiger partial charge in [-0.3, -0.25) is 9.36 Å². The minimum atomic E-state index is 0.0404. The van der Waals surface area contributed by atoms with E-state index in [1.54, 1.807) is 10.9 Å². The molecule has 0 unspecified atom stereocenters. The van der Waals surface area contributed by atoms with Gasteiger partial charge in [0.15, 0.2) is 0 Å². The van der Waals surface area contributed by atoms with Gasteiger partial charge < -0.3 is 0 Å². The maximum absolute atomic E-state index is 12.5. The van der Waals surface area contributed by atoms with Gasteiger partial charge in [-0.15, -0.1) is 0 Å². The number of thiol groups is 1. The Bertz CT molecular complexity index is 609. The third-order valence-corrected chi connectivity index (χ3v) is 4.74. The standard InChI is InChI=1S/C15H20N2OS/c1-3-15(4-2,10-19)9-17-11-16-13-8-6-5-7-12(13)14(17)18/h5-8,11,19H,3-4,9-10H2,1-2H3. The molecule has 0 aliphatic rings. The first-order valence-electron chi connectivity index (χ1n) is 6.71. The summed E-state index contributed by atoms with van der Waals surface area (Å²) < 4.78 is 1.73. The van der Waals surface area contributed by atoms with Crippen LogP contribution in [0.1, 0.15) is 26.7 Å². The van der Waals surface area contributed by atoms with Gasteiger partial charge in [0.1, 0.15) is 0 Å². The Morgan fingerprint density at radius 3 is 2.58 bits per heavy atom. The molecule has 1 heterocycles. The van der Waals surface area contributed by atoms with Crippen LogP contribution in [0.2, 0.25) is 0 Å². The fourth-order valence-electron chi connectivity index (χ4n) is 2.33. The number of para-hydroxylation sites is 1. The topological polar surface area (TPSA) is 34.9 Å². The fourth-order valence-corrected chi connectivity index (χ4v) is 2.87. The molecule has 0 fully saturated rings. The predicted octanol–water partition coefficient (Wildman–Crippen LogP) is 3.13. The van der Waals surface area contributed by atoms with E-state index in [0.717, 1.165) is 24.1 Å². The van der Waals surface area contributed by atoms with Gasteiger partial charge in [-0.2, -0.15) is 12.6 Å². The number of hydrogen-bond acceptors (Lipinski definition) is 3. The van der Waals surface area contributed by atoms with E-state index in [-0.39, 0.29) is 11.0 Å². The lowest BCUT2D eigenvalue weighted by molar-refractivity contribution is 0.254. The van der Waals surface area contributed by atoms with Crippen molar-refractivity contribution >= 4 is 23.5 Å². The number of fused-ring (bicyclic) bond motifs is 1. The summed E-state index contributed by atoms with van der Waals surface area (Å²) in [4.78, 5) is 16.8. The van der Waals surface area contributed by atoms with Gasteiger partial charge in [0.25, 0.3) is 5.56 Å². The summed E-state index contributed by atoms with van der Waals surface area (Å²) in [6, 6.07) is 7.48. The molecule has 0 aliphatic carbocycles. The summed E-state index contributed by atoms with van der Waals surface area (Å²) in [5.74, 6) is 0.777. The monoisotopic (exact) mass is 276 g/mol. The summed E-state index contributed by atoms with van der Waals surface area (Å²) in [5.41, 5.74) is 0.865. The van der Waals surface area contributed by atoms with Gasteiger partial charge in [-0.25, -0.2) is 4.98 Å². The molecule has 0 N–H and O–H groups in total. The highest BCUT2D eigenvalue weighted by Crippen LogP contribution is 2.29. The lowest BCUT2D eigenvalue weighted by atomic mass is 9.84. The Hall–Kier alpha value is -1.29. The first-order valence-corrected chi connectivity index (χ1v) is 7.34. The zero-order valence-electron chi connectivity index (χ0n) is 11.5. The Labute approximate surface area is 119 Å². The Balaban J connectivity index is 2.46. The van der Waals surface area contributed by atoms with E-state index in [4.69, 9.17) is 0 Å². The second-order valence-corrected chi connectivity index (χ2v) is 5.38. The summed E-state index contributed by atoms with van der Waals surface area (Å²) in [5, 5.41) is 0.685. The smallest absolute Gasteiger partial charge is 0.261 e. The van der Waals surface area contributed by atoms with Crippen molar-refractivity contribution in [1.29, 1.82) is 0 Å². The molecule has 0 amide bonds. The number of nitrogens with zero attached hydrogens (tertiary/aromatic N) is 2. The number of aromatic nitrogens is 2. The average molecular weight is 276 g/mol. The second kappa shape index (κ2) is 5.78. The van der Waals surface area contributed by atoms with E-state index in [1.807, 2.05) is 24.3 Å². The zero-order valence-corrected chi connectivity index (χ0v) is 12.4. The summed E-state index contributed by atoms with van der Waals surface area (Å²) in [7, 11) is 0. The Kier molecular flexibility index (Phi) is 4.30. The summed E-state index contributed by atoms with van der Waals surface area (Å²) in [6.45, 7) is 4.98. The van der Waals surface area contributed by atoms with E-state index in [2.05, 4.69) is 31.5 Å². The zero-order chi connectivity index (χ0) is 13.9. The summed E-state index contributed by atoms with van der Waals surface area (Å²) >= 11 is 4.46. The molecule has 2 rings (SSSR count). The largest absolute Gasteiger partial charge is 0.298 e. The molecule has 0 bridgehead atoms. The Morgan fingerprint density at radius 1 is 1.26 bits per heavy atom. The highest BCUT2D eigenvalue weighted by atomic mass is 32.1. The van der Waals surface area contributed by atoms with Crippen LogP contribution < -0.4 is 5.56 Å². The van der Waals surface area contributed by atoms with E-state index in [0.29, 0.717) is 11.9 Å². The third kappa shape index (κ3) is 2.68. The lowest BCUT2D eigenvalue weighted by Gasteiger charge is -2.30. The van der Waals surface area contributed by atoms with Crippen LogP contribution in [0, 0.1) is 5.41 Å². The second-order valence-electron chi connectivity index (χ2n) is 5.06. The van der Waals surface area contributed by atoms with Crippen LogP contribution in [-0.2, 0) is 6.54 Å². The van der Waals surface area contributed by atoms with Crippen LogP contribution in [-0.4, -0.2) is 15.3 Å². The molecular formula is C15H20N2OS. The molecule has 1 aromatic carbocycles. The molecule has 0 saturated heterocycles. The van der Waals surface area contributed by atoms with Gasteiger partial charge in [-0.1, -0.05) is 26.0 Å². The number of benzene rings is 1. The van der Waals surface area contributed by atoms with Crippen molar-refractivity contribution in [3.63, 3.8) is 0 Å². The van der Waals surface area contributed by atoms with Gasteiger partial charge in [0, 0.05) is 6.54 Å². The fraction of sp³-hybridized carbons (Fsp3) is 0.467. The molecule has 0 spiro atoms. The maximum Gasteiger partial charge on any atom is 0.261 e. The molecule has 0 radical (unpaired) electrons. The molecule has 4 heteroatoms. The quantitative estimate of drug-likeness (QED) is 0.851. The highest BCUT2D eigenvalue weighted by molar-refractivity contribution is 7.80. The molecule has 102 valence electrons. The van der Waals surface area contributed by atoms with E-state index in [1.165, 1.54) is 0 Å². The van der Waals surface area contributed by atoms with Crippen LogP contribution in [0.15, 0.2) is 35.4 Å². The minimum Gasteiger partial charge on any atom is -0.298 e. The molecular weight excluding hydrogens is 256 g/mol. The molecule has 3 nitrogen and oxygen atoms in total. The Morgan fingerprint density at radius 2 is 1.95 bits per heavy atom. The van der Waals surface area contributed by atoms with Crippen molar-refractivity contribution in [3.8, 4) is 0 Å². The van der Waals surface area contributed by atoms with E-state index >= 15 is 0 Å². The lowest BCUT2D eigenvalue weighted by Crippen LogP contribution is -2.33. The SMILES string of the molecule is CCC(CC)(CS)Cn1cnc2ccccc2c1=O. The van der Waals surface area contributed by atoms with Crippen molar-refractivity contribution in [2.75, 3.05) is 5.75 Å². The molecule has 0 atom stereocenters. The molecule has 1 aromatic heterocycles. The van der Waals surface area contributed by atoms with E-state index < -0.39 is 0 Å². The van der Waals surface area contributed by atoms with Crippen molar-refractivity contribution in [2.24, 2.45) is 5.41 Å². The van der Waals surface area contributed by atoms with Crippen LogP contribution in [0.3, 0.4) is 0 Å². The van der Waals surface area contributed by atoms with Crippen LogP contribution in [0.25, 0.3) is 10.9 Å². The van der Waals surface area contributed by atoms with Crippen molar-refractivity contribution in [1.82, 2.24) is 9.55 Å². The highest BCUT2D eigenvalue weighted by Gasteiger charge is 2.25. The molecule has 0 aliphatic heterocycles. The average Bonchev–Trinajstić information content (AvgIpc) is 2.48. The predicted molar refractivity (Wildman–Crippen MR) is 82.9 cm³/mol. The summed E-state index contributed by atoms with van der Waals surface area (Å²) in [6.07, 6.45) is 3.67. The molecule has 0 saturated carbocycles. The first-order chi connectivity index (χ1) is 9.15. The normalized spacial score (nSPS) is 11.9.